The molecule has 1 unspecified atom stereocenters. The molecule has 1 N–H and O–H groups in total. The summed E-state index contributed by atoms with van der Waals surface area (Å²) in [4.78, 5) is 20.9. The number of benzene rings is 1. The van der Waals surface area contributed by atoms with Gasteiger partial charge in [-0.1, -0.05) is 35.5 Å². The van der Waals surface area contributed by atoms with Gasteiger partial charge in [0.15, 0.2) is 0 Å². The fourth-order valence-corrected chi connectivity index (χ4v) is 2.70. The highest BCUT2D eigenvalue weighted by Gasteiger charge is 2.21. The van der Waals surface area contributed by atoms with Crippen LogP contribution in [0.3, 0.4) is 0 Å². The smallest absolute Gasteiger partial charge is 0.291 e. The van der Waals surface area contributed by atoms with Crippen LogP contribution in [-0.2, 0) is 6.54 Å². The molecule has 0 aliphatic rings. The summed E-state index contributed by atoms with van der Waals surface area (Å²) >= 11 is 0. The fraction of sp³-hybridized carbons (Fsp3) is 0.111. The zero-order chi connectivity index (χ0) is 17.1. The van der Waals surface area contributed by atoms with E-state index in [1.807, 2.05) is 41.1 Å². The van der Waals surface area contributed by atoms with E-state index in [-0.39, 0.29) is 17.7 Å². The number of pyridine rings is 1. The van der Waals surface area contributed by atoms with E-state index in [2.05, 4.69) is 20.4 Å². The minimum atomic E-state index is -0.329. The number of hydrogen-bond donors (Lipinski definition) is 1. The molecule has 1 amide bonds. The molecule has 7 heteroatoms. The maximum atomic E-state index is 12.7. The second-order valence-corrected chi connectivity index (χ2v) is 5.58. The van der Waals surface area contributed by atoms with Crippen molar-refractivity contribution < 1.29 is 9.32 Å². The second kappa shape index (κ2) is 6.56. The van der Waals surface area contributed by atoms with Crippen LogP contribution < -0.4 is 5.32 Å². The van der Waals surface area contributed by atoms with E-state index in [1.54, 1.807) is 30.9 Å². The Bertz CT molecular complexity index is 979. The van der Waals surface area contributed by atoms with Gasteiger partial charge < -0.3 is 14.4 Å². The standard InChI is InChI=1S/C18H15N5O2/c24-18(16-14-7-4-8-20-17(14)22-25-16)21-15(11-23-10-9-19-12-23)13-5-2-1-3-6-13/h1-10,12,15H,11H2,(H,21,24). The van der Waals surface area contributed by atoms with Crippen LogP contribution >= 0.6 is 0 Å². The van der Waals surface area contributed by atoms with Gasteiger partial charge in [0.05, 0.1) is 17.8 Å². The lowest BCUT2D eigenvalue weighted by Crippen LogP contribution is -2.31. The number of nitrogens with zero attached hydrogens (tertiary/aromatic N) is 4. The number of carbonyl (C=O) groups is 1. The lowest BCUT2D eigenvalue weighted by Gasteiger charge is -2.19. The van der Waals surface area contributed by atoms with Crippen molar-refractivity contribution in [1.29, 1.82) is 0 Å². The lowest BCUT2D eigenvalue weighted by molar-refractivity contribution is 0.0898. The number of nitrogens with one attached hydrogen (secondary N) is 1. The minimum absolute atomic E-state index is 0.162. The molecule has 7 nitrogen and oxygen atoms in total. The van der Waals surface area contributed by atoms with E-state index in [0.29, 0.717) is 17.6 Å². The molecule has 25 heavy (non-hydrogen) atoms. The molecule has 0 saturated heterocycles. The van der Waals surface area contributed by atoms with Crippen molar-refractivity contribution in [3.05, 3.63) is 78.7 Å². The van der Waals surface area contributed by atoms with E-state index in [1.165, 1.54) is 0 Å². The van der Waals surface area contributed by atoms with Gasteiger partial charge in [-0.25, -0.2) is 9.97 Å². The highest BCUT2D eigenvalue weighted by molar-refractivity contribution is 6.02. The summed E-state index contributed by atoms with van der Waals surface area (Å²) in [5, 5.41) is 7.44. The van der Waals surface area contributed by atoms with Crippen molar-refractivity contribution in [1.82, 2.24) is 25.0 Å². The molecule has 0 aliphatic heterocycles. The Morgan fingerprint density at radius 1 is 1.16 bits per heavy atom. The number of imidazole rings is 1. The number of amides is 1. The highest BCUT2D eigenvalue weighted by Crippen LogP contribution is 2.19. The Labute approximate surface area is 143 Å². The van der Waals surface area contributed by atoms with Gasteiger partial charge >= 0.3 is 0 Å². The van der Waals surface area contributed by atoms with Crippen molar-refractivity contribution in [2.75, 3.05) is 0 Å². The number of fused-ring (bicyclic) bond motifs is 1. The number of hydrogen-bond acceptors (Lipinski definition) is 5. The molecule has 0 spiro atoms. The quantitative estimate of drug-likeness (QED) is 0.607. The molecule has 3 aromatic heterocycles. The van der Waals surface area contributed by atoms with E-state index < -0.39 is 0 Å². The Morgan fingerprint density at radius 3 is 2.84 bits per heavy atom. The van der Waals surface area contributed by atoms with Gasteiger partial charge in [-0.05, 0) is 17.7 Å². The summed E-state index contributed by atoms with van der Waals surface area (Å²) < 4.78 is 7.12. The Balaban J connectivity index is 1.62. The molecule has 0 radical (unpaired) electrons. The van der Waals surface area contributed by atoms with E-state index in [4.69, 9.17) is 4.52 Å². The third-order valence-electron chi connectivity index (χ3n) is 3.92. The van der Waals surface area contributed by atoms with Crippen LogP contribution in [0, 0.1) is 0 Å². The number of carbonyl (C=O) groups excluding carboxylic acids is 1. The summed E-state index contributed by atoms with van der Waals surface area (Å²) in [6.45, 7) is 0.556. The molecule has 1 aromatic carbocycles. The van der Waals surface area contributed by atoms with E-state index in [9.17, 15) is 4.79 Å². The van der Waals surface area contributed by atoms with Gasteiger partial charge in [-0.2, -0.15) is 0 Å². The normalized spacial score (nSPS) is 12.2. The van der Waals surface area contributed by atoms with Crippen LogP contribution in [0.1, 0.15) is 22.2 Å². The molecule has 0 aliphatic carbocycles. The van der Waals surface area contributed by atoms with Crippen LogP contribution in [0.25, 0.3) is 11.0 Å². The fourth-order valence-electron chi connectivity index (χ4n) is 2.70. The number of rotatable bonds is 5. The average molecular weight is 333 g/mol. The first-order chi connectivity index (χ1) is 12.3. The third-order valence-corrected chi connectivity index (χ3v) is 3.92. The topological polar surface area (TPSA) is 85.8 Å². The van der Waals surface area contributed by atoms with Crippen molar-refractivity contribution in [3.8, 4) is 0 Å². The van der Waals surface area contributed by atoms with Crippen LogP contribution in [0.2, 0.25) is 0 Å². The summed E-state index contributed by atoms with van der Waals surface area (Å²) in [5.74, 6) is -0.167. The van der Waals surface area contributed by atoms with Gasteiger partial charge in [0.25, 0.3) is 5.91 Å². The van der Waals surface area contributed by atoms with Gasteiger partial charge in [0.1, 0.15) is 0 Å². The molecule has 4 rings (SSSR count). The molecular formula is C18H15N5O2. The predicted molar refractivity (Wildman–Crippen MR) is 90.7 cm³/mol. The van der Waals surface area contributed by atoms with Crippen LogP contribution in [0.5, 0.6) is 0 Å². The molecule has 3 heterocycles. The Kier molecular flexibility index (Phi) is 3.96. The zero-order valence-electron chi connectivity index (χ0n) is 13.2. The summed E-state index contributed by atoms with van der Waals surface area (Å²) in [5.41, 5.74) is 1.41. The van der Waals surface area contributed by atoms with Crippen molar-refractivity contribution in [2.24, 2.45) is 0 Å². The summed E-state index contributed by atoms with van der Waals surface area (Å²) in [7, 11) is 0. The van der Waals surface area contributed by atoms with Crippen LogP contribution in [-0.4, -0.2) is 25.6 Å². The first-order valence-corrected chi connectivity index (χ1v) is 7.83. The Hall–Kier alpha value is -3.48. The zero-order valence-corrected chi connectivity index (χ0v) is 13.2. The SMILES string of the molecule is O=C(NC(Cn1ccnc1)c1ccccc1)c1onc2ncccc12. The molecule has 0 bridgehead atoms. The highest BCUT2D eigenvalue weighted by atomic mass is 16.5. The minimum Gasteiger partial charge on any atom is -0.348 e. The van der Waals surface area contributed by atoms with Crippen LogP contribution in [0.15, 0.2) is 71.9 Å². The first-order valence-electron chi connectivity index (χ1n) is 7.83. The van der Waals surface area contributed by atoms with E-state index >= 15 is 0 Å². The van der Waals surface area contributed by atoms with Gasteiger partial charge in [0, 0.05) is 25.1 Å². The molecule has 4 aromatic rings. The molecule has 0 saturated carbocycles. The van der Waals surface area contributed by atoms with Crippen molar-refractivity contribution >= 4 is 16.9 Å². The maximum Gasteiger partial charge on any atom is 0.291 e. The van der Waals surface area contributed by atoms with Gasteiger partial charge in [-0.3, -0.25) is 4.79 Å². The summed E-state index contributed by atoms with van der Waals surface area (Å²) in [6.07, 6.45) is 6.89. The molecule has 124 valence electrons. The largest absolute Gasteiger partial charge is 0.348 e. The Morgan fingerprint density at radius 2 is 2.04 bits per heavy atom. The van der Waals surface area contributed by atoms with Crippen molar-refractivity contribution in [3.63, 3.8) is 0 Å². The van der Waals surface area contributed by atoms with E-state index in [0.717, 1.165) is 5.56 Å². The first kappa shape index (κ1) is 15.1. The van der Waals surface area contributed by atoms with Gasteiger partial charge in [-0.15, -0.1) is 0 Å². The van der Waals surface area contributed by atoms with Crippen LogP contribution in [0.4, 0.5) is 0 Å². The summed E-state index contributed by atoms with van der Waals surface area (Å²) in [6, 6.07) is 13.0. The van der Waals surface area contributed by atoms with Crippen molar-refractivity contribution in [2.45, 2.75) is 12.6 Å². The lowest BCUT2D eigenvalue weighted by atomic mass is 10.1. The number of aromatic nitrogens is 4. The third kappa shape index (κ3) is 3.12. The predicted octanol–water partition coefficient (Wildman–Crippen LogP) is 2.59. The maximum absolute atomic E-state index is 12.7. The average Bonchev–Trinajstić information content (AvgIpc) is 3.31. The molecule has 0 fully saturated rings. The second-order valence-electron chi connectivity index (χ2n) is 5.58. The molecular weight excluding hydrogens is 318 g/mol. The van der Waals surface area contributed by atoms with Gasteiger partial charge in [0.2, 0.25) is 11.4 Å². The monoisotopic (exact) mass is 333 g/mol. The molecule has 1 atom stereocenters.